The lowest BCUT2D eigenvalue weighted by Gasteiger charge is -2.37. The zero-order chi connectivity index (χ0) is 21.4. The third kappa shape index (κ3) is 5.57. The molecule has 158 valence electrons. The highest BCUT2D eigenvalue weighted by molar-refractivity contribution is 7.98. The summed E-state index contributed by atoms with van der Waals surface area (Å²) in [6.45, 7) is 14.4. The second kappa shape index (κ2) is 8.15. The summed E-state index contributed by atoms with van der Waals surface area (Å²) < 4.78 is 33.0. The van der Waals surface area contributed by atoms with Crippen LogP contribution in [0.4, 0.5) is 0 Å². The Bertz CT molecular complexity index is 673. The zero-order valence-corrected chi connectivity index (χ0v) is 19.7. The molecule has 0 aromatic heterocycles. The molecular weight excluding hydrogens is 384 g/mol. The number of fused-ring (bicyclic) bond motifs is 2. The molecule has 2 rings (SSSR count). The van der Waals surface area contributed by atoms with Crippen molar-refractivity contribution in [1.82, 2.24) is 0 Å². The van der Waals surface area contributed by atoms with Crippen LogP contribution in [0.5, 0.6) is 0 Å². The van der Waals surface area contributed by atoms with E-state index in [0.717, 1.165) is 12.2 Å². The summed E-state index contributed by atoms with van der Waals surface area (Å²) in [5.41, 5.74) is -1.22. The molecule has 0 amide bonds. The first-order valence-corrected chi connectivity index (χ1v) is 12.9. The van der Waals surface area contributed by atoms with Gasteiger partial charge in [-0.3, -0.25) is 9.59 Å². The van der Waals surface area contributed by atoms with Gasteiger partial charge in [-0.1, -0.05) is 27.7 Å². The molecule has 2 aliphatic carbocycles. The smallest absolute Gasteiger partial charge is 0.184 e. The Labute approximate surface area is 168 Å². The van der Waals surface area contributed by atoms with Crippen LogP contribution in [0, 0.1) is 22.7 Å². The molecular formula is C20H36O5S2. The standard InChI is InChI=1S/C10H16O4S.C10H21OS/c1-9(2)7-3-4-10(9,8(11)5-7)6-15(12,13)14;1-8(2)9(11)7-12(6)10(3,4)5/h7H,3-6H2,1-2H3,(H,12,13,14);8H,7H2,1-6H3/q;+1/p-1. The van der Waals surface area contributed by atoms with E-state index in [2.05, 4.69) is 27.0 Å². The Morgan fingerprint density at radius 1 is 1.30 bits per heavy atom. The molecule has 3 atom stereocenters. The van der Waals surface area contributed by atoms with Gasteiger partial charge in [0, 0.05) is 17.8 Å². The largest absolute Gasteiger partial charge is 0.748 e. The van der Waals surface area contributed by atoms with E-state index in [1.807, 2.05) is 27.7 Å². The van der Waals surface area contributed by atoms with Crippen molar-refractivity contribution in [1.29, 1.82) is 0 Å². The Morgan fingerprint density at radius 3 is 2.11 bits per heavy atom. The van der Waals surface area contributed by atoms with Crippen molar-refractivity contribution in [3.63, 3.8) is 0 Å². The quantitative estimate of drug-likeness (QED) is 0.503. The summed E-state index contributed by atoms with van der Waals surface area (Å²) in [5, 5.41) is 0. The molecule has 5 nitrogen and oxygen atoms in total. The van der Waals surface area contributed by atoms with Gasteiger partial charge in [-0.05, 0) is 55.8 Å². The monoisotopic (exact) mass is 420 g/mol. The number of carbonyl (C=O) groups excluding carboxylic acids is 2. The molecule has 0 spiro atoms. The third-order valence-electron chi connectivity index (χ3n) is 6.61. The highest BCUT2D eigenvalue weighted by atomic mass is 32.2. The van der Waals surface area contributed by atoms with Gasteiger partial charge in [-0.15, -0.1) is 0 Å². The summed E-state index contributed by atoms with van der Waals surface area (Å²) in [4.78, 5) is 23.3. The molecule has 7 heteroatoms. The molecule has 0 aliphatic heterocycles. The number of carbonyl (C=O) groups is 2. The summed E-state index contributed by atoms with van der Waals surface area (Å²) in [7, 11) is -4.11. The van der Waals surface area contributed by atoms with E-state index >= 15 is 0 Å². The average Bonchev–Trinajstić information content (AvgIpc) is 2.79. The van der Waals surface area contributed by atoms with Crippen molar-refractivity contribution in [3.05, 3.63) is 0 Å². The van der Waals surface area contributed by atoms with E-state index < -0.39 is 21.3 Å². The van der Waals surface area contributed by atoms with Gasteiger partial charge in [-0.25, -0.2) is 8.42 Å². The molecule has 2 fully saturated rings. The van der Waals surface area contributed by atoms with Crippen LogP contribution in [-0.2, 0) is 30.6 Å². The maximum absolute atomic E-state index is 11.8. The molecule has 0 N–H and O–H groups in total. The lowest BCUT2D eigenvalue weighted by molar-refractivity contribution is -0.128. The van der Waals surface area contributed by atoms with Crippen molar-refractivity contribution in [2.75, 3.05) is 17.8 Å². The Balaban J connectivity index is 0.000000279. The van der Waals surface area contributed by atoms with Gasteiger partial charge < -0.3 is 4.55 Å². The topological polar surface area (TPSA) is 91.3 Å². The lowest BCUT2D eigenvalue weighted by atomic mass is 9.70. The van der Waals surface area contributed by atoms with Crippen molar-refractivity contribution in [3.8, 4) is 0 Å². The second-order valence-corrected chi connectivity index (χ2v) is 14.1. The van der Waals surface area contributed by atoms with E-state index in [4.69, 9.17) is 0 Å². The lowest BCUT2D eigenvalue weighted by Crippen LogP contribution is -2.42. The molecule has 0 radical (unpaired) electrons. The van der Waals surface area contributed by atoms with Crippen molar-refractivity contribution >= 4 is 32.6 Å². The Hall–Kier alpha value is -0.400. The maximum atomic E-state index is 11.8. The summed E-state index contributed by atoms with van der Waals surface area (Å²) in [6, 6.07) is 0. The first-order valence-electron chi connectivity index (χ1n) is 9.56. The number of hydrogen-bond donors (Lipinski definition) is 0. The van der Waals surface area contributed by atoms with Gasteiger partial charge in [0.25, 0.3) is 0 Å². The van der Waals surface area contributed by atoms with E-state index in [1.54, 1.807) is 0 Å². The number of Topliss-reactive ketones (excluding diaryl/α,β-unsaturated/α-hetero) is 2. The molecule has 2 saturated carbocycles. The normalized spacial score (nSPS) is 28.1. The van der Waals surface area contributed by atoms with E-state index in [9.17, 15) is 22.6 Å². The molecule has 0 saturated heterocycles. The minimum atomic E-state index is -4.33. The van der Waals surface area contributed by atoms with Crippen LogP contribution in [0.2, 0.25) is 0 Å². The van der Waals surface area contributed by atoms with Gasteiger partial charge >= 0.3 is 0 Å². The van der Waals surface area contributed by atoms with Crippen LogP contribution in [0.1, 0.15) is 67.7 Å². The minimum absolute atomic E-state index is 0.0248. The molecule has 27 heavy (non-hydrogen) atoms. The number of ketones is 2. The molecule has 0 aromatic rings. The van der Waals surface area contributed by atoms with E-state index in [1.165, 1.54) is 0 Å². The fourth-order valence-electron chi connectivity index (χ4n) is 4.01. The SMILES string of the molecule is CC(C)C(=O)C[S+](C)C(C)(C)C.CC1(C)C2CCC1(CS(=O)(=O)[O-])C(=O)C2. The molecule has 0 aromatic carbocycles. The summed E-state index contributed by atoms with van der Waals surface area (Å²) >= 11 is 0. The van der Waals surface area contributed by atoms with Crippen LogP contribution >= 0.6 is 0 Å². The predicted octanol–water partition coefficient (Wildman–Crippen LogP) is 3.19. The number of hydrogen-bond acceptors (Lipinski definition) is 5. The highest BCUT2D eigenvalue weighted by Gasteiger charge is 2.64. The fraction of sp³-hybridized carbons (Fsp3) is 0.900. The number of rotatable bonds is 5. The Kier molecular flexibility index (Phi) is 7.44. The van der Waals surface area contributed by atoms with E-state index in [-0.39, 0.29) is 38.7 Å². The molecule has 0 heterocycles. The predicted molar refractivity (Wildman–Crippen MR) is 111 cm³/mol. The van der Waals surface area contributed by atoms with Crippen LogP contribution < -0.4 is 0 Å². The first kappa shape index (κ1) is 24.6. The van der Waals surface area contributed by atoms with E-state index in [0.29, 0.717) is 18.6 Å². The third-order valence-corrected chi connectivity index (χ3v) is 10.3. The van der Waals surface area contributed by atoms with Crippen LogP contribution in [0.3, 0.4) is 0 Å². The summed E-state index contributed by atoms with van der Waals surface area (Å²) in [5.74, 6) is 1.07. The first-order chi connectivity index (χ1) is 11.9. The van der Waals surface area contributed by atoms with Crippen molar-refractivity contribution in [2.45, 2.75) is 72.5 Å². The Morgan fingerprint density at radius 2 is 1.81 bits per heavy atom. The van der Waals surface area contributed by atoms with Gasteiger partial charge in [-0.2, -0.15) is 0 Å². The van der Waals surface area contributed by atoms with Gasteiger partial charge in [0.2, 0.25) is 0 Å². The van der Waals surface area contributed by atoms with Gasteiger partial charge in [0.1, 0.15) is 10.5 Å². The molecule has 2 bridgehead atoms. The zero-order valence-electron chi connectivity index (χ0n) is 18.0. The molecule has 2 aliphatic rings. The van der Waals surface area contributed by atoms with Crippen LogP contribution in [0.25, 0.3) is 0 Å². The van der Waals surface area contributed by atoms with Gasteiger partial charge in [0.05, 0.1) is 22.1 Å². The maximum Gasteiger partial charge on any atom is 0.184 e. The highest BCUT2D eigenvalue weighted by Crippen LogP contribution is 2.64. The fourth-order valence-corrected chi connectivity index (χ4v) is 6.48. The average molecular weight is 421 g/mol. The minimum Gasteiger partial charge on any atom is -0.748 e. The van der Waals surface area contributed by atoms with Crippen LogP contribution in [-0.4, -0.2) is 47.0 Å². The molecule has 3 unspecified atom stereocenters. The van der Waals surface area contributed by atoms with Crippen LogP contribution in [0.15, 0.2) is 0 Å². The van der Waals surface area contributed by atoms with Gasteiger partial charge in [0.15, 0.2) is 11.5 Å². The van der Waals surface area contributed by atoms with Crippen molar-refractivity contribution in [2.24, 2.45) is 22.7 Å². The second-order valence-electron chi connectivity index (χ2n) is 9.88. The van der Waals surface area contributed by atoms with Crippen molar-refractivity contribution < 1.29 is 22.6 Å². The summed E-state index contributed by atoms with van der Waals surface area (Å²) in [6.07, 6.45) is 4.06.